The van der Waals surface area contributed by atoms with E-state index in [2.05, 4.69) is 208 Å². The van der Waals surface area contributed by atoms with E-state index >= 15 is 0 Å². The molecule has 0 bridgehead atoms. The minimum atomic E-state index is -0.0876. The smallest absolute Gasteiger partial charge is 0.135 e. The minimum absolute atomic E-state index is 0.0876. The Labute approximate surface area is 375 Å². The van der Waals surface area contributed by atoms with Crippen LogP contribution in [0.4, 0.5) is 0 Å². The van der Waals surface area contributed by atoms with Gasteiger partial charge >= 0.3 is 0 Å². The monoisotopic (exact) mass is 828 g/mol. The molecule has 0 N–H and O–H groups in total. The highest BCUT2D eigenvalue weighted by Crippen LogP contribution is 2.52. The molecule has 0 aliphatic heterocycles. The van der Waals surface area contributed by atoms with Crippen molar-refractivity contribution in [2.45, 2.75) is 19.3 Å². The van der Waals surface area contributed by atoms with E-state index in [4.69, 9.17) is 8.83 Å². The number of fused-ring (bicyclic) bond motifs is 13. The van der Waals surface area contributed by atoms with Gasteiger partial charge in [-0.1, -0.05) is 172 Å². The number of benzene rings is 11. The van der Waals surface area contributed by atoms with Crippen molar-refractivity contribution in [3.05, 3.63) is 217 Å². The maximum atomic E-state index is 6.55. The van der Waals surface area contributed by atoms with Gasteiger partial charge in [0.2, 0.25) is 0 Å². The summed E-state index contributed by atoms with van der Waals surface area (Å²) in [4.78, 5) is 0. The molecule has 2 heterocycles. The quantitative estimate of drug-likeness (QED) is 0.165. The molecule has 13 aromatic rings. The molecule has 0 saturated carbocycles. The lowest BCUT2D eigenvalue weighted by Gasteiger charge is -2.23. The summed E-state index contributed by atoms with van der Waals surface area (Å²) in [5.41, 5.74) is 18.6. The van der Waals surface area contributed by atoms with Gasteiger partial charge in [0, 0.05) is 27.0 Å². The maximum Gasteiger partial charge on any atom is 0.135 e. The van der Waals surface area contributed by atoms with Crippen molar-refractivity contribution in [2.75, 3.05) is 0 Å². The first-order valence-electron chi connectivity index (χ1n) is 22.6. The van der Waals surface area contributed by atoms with E-state index < -0.39 is 0 Å². The van der Waals surface area contributed by atoms with Crippen molar-refractivity contribution >= 4 is 76.2 Å². The van der Waals surface area contributed by atoms with E-state index in [1.807, 2.05) is 12.1 Å². The number of para-hydroxylation sites is 1. The van der Waals surface area contributed by atoms with Crippen LogP contribution in [0.1, 0.15) is 25.0 Å². The lowest BCUT2D eigenvalue weighted by Crippen LogP contribution is -2.15. The molecule has 11 aromatic carbocycles. The number of furan rings is 2. The van der Waals surface area contributed by atoms with E-state index in [1.165, 1.54) is 99.1 Å². The predicted molar refractivity (Wildman–Crippen MR) is 273 cm³/mol. The zero-order valence-corrected chi connectivity index (χ0v) is 35.9. The van der Waals surface area contributed by atoms with E-state index in [0.29, 0.717) is 0 Å². The first kappa shape index (κ1) is 36.3. The van der Waals surface area contributed by atoms with Crippen LogP contribution in [0.15, 0.2) is 215 Å². The predicted octanol–water partition coefficient (Wildman–Crippen LogP) is 17.9. The van der Waals surface area contributed by atoms with Crippen molar-refractivity contribution in [3.63, 3.8) is 0 Å². The van der Waals surface area contributed by atoms with Gasteiger partial charge in [0.05, 0.1) is 0 Å². The molecule has 2 heteroatoms. The lowest BCUT2D eigenvalue weighted by molar-refractivity contribution is 0.666. The summed E-state index contributed by atoms with van der Waals surface area (Å²) >= 11 is 0. The largest absolute Gasteiger partial charge is 0.456 e. The molecule has 304 valence electrons. The third kappa shape index (κ3) is 5.29. The summed E-state index contributed by atoms with van der Waals surface area (Å²) in [6.45, 7) is 4.74. The van der Waals surface area contributed by atoms with Crippen LogP contribution in [-0.4, -0.2) is 0 Å². The second-order valence-corrected chi connectivity index (χ2v) is 18.3. The first-order valence-corrected chi connectivity index (χ1v) is 22.6. The Morgan fingerprint density at radius 1 is 0.292 bits per heavy atom. The van der Waals surface area contributed by atoms with Crippen LogP contribution in [-0.2, 0) is 5.41 Å². The summed E-state index contributed by atoms with van der Waals surface area (Å²) in [6, 6.07) is 75.5. The molecule has 0 unspecified atom stereocenters. The summed E-state index contributed by atoms with van der Waals surface area (Å²) in [7, 11) is 0. The zero-order chi connectivity index (χ0) is 43.0. The molecular formula is C63H40O2. The summed E-state index contributed by atoms with van der Waals surface area (Å²) < 4.78 is 12.7. The minimum Gasteiger partial charge on any atom is -0.456 e. The highest BCUT2D eigenvalue weighted by atomic mass is 16.3. The van der Waals surface area contributed by atoms with Crippen LogP contribution in [0, 0.1) is 0 Å². The standard InChI is InChI=1S/C63H40O2/c1-63(2)55-29-24-41(33-51(55)50-28-23-38-11-3-4-12-44(38)62(50)63)42-26-31-58-53(35-42)54-36-43(27-32-59(54)65-58)61-48-16-7-5-14-46(48)60(47-15-6-8-17-49(47)61)39-21-19-37(20-22-39)40-25-30-57-52(34-40)45-13-9-10-18-56(45)64-57/h3-36H,1-2H3. The third-order valence-corrected chi connectivity index (χ3v) is 14.4. The molecule has 1 aliphatic rings. The summed E-state index contributed by atoms with van der Waals surface area (Å²) in [5, 5.41) is 12.1. The second kappa shape index (κ2) is 13.4. The van der Waals surface area contributed by atoms with Crippen molar-refractivity contribution < 1.29 is 8.83 Å². The molecule has 0 spiro atoms. The van der Waals surface area contributed by atoms with Crippen molar-refractivity contribution in [2.24, 2.45) is 0 Å². The number of rotatable bonds is 4. The Balaban J connectivity index is 0.882. The van der Waals surface area contributed by atoms with Gasteiger partial charge in [0.15, 0.2) is 0 Å². The van der Waals surface area contributed by atoms with Gasteiger partial charge in [0.1, 0.15) is 22.3 Å². The Morgan fingerprint density at radius 2 is 0.723 bits per heavy atom. The molecule has 14 rings (SSSR count). The molecule has 0 radical (unpaired) electrons. The van der Waals surface area contributed by atoms with Gasteiger partial charge in [-0.2, -0.15) is 0 Å². The first-order chi connectivity index (χ1) is 32.0. The molecule has 2 nitrogen and oxygen atoms in total. The molecular weight excluding hydrogens is 789 g/mol. The van der Waals surface area contributed by atoms with Crippen molar-refractivity contribution in [3.8, 4) is 55.6 Å². The topological polar surface area (TPSA) is 26.3 Å². The van der Waals surface area contributed by atoms with E-state index in [9.17, 15) is 0 Å². The Morgan fingerprint density at radius 3 is 1.37 bits per heavy atom. The fourth-order valence-corrected chi connectivity index (χ4v) is 11.4. The van der Waals surface area contributed by atoms with Crippen LogP contribution < -0.4 is 0 Å². The summed E-state index contributed by atoms with van der Waals surface area (Å²) in [6.07, 6.45) is 0. The average molecular weight is 829 g/mol. The molecule has 1 aliphatic carbocycles. The van der Waals surface area contributed by atoms with E-state index in [1.54, 1.807) is 0 Å². The maximum absolute atomic E-state index is 6.55. The highest BCUT2D eigenvalue weighted by Gasteiger charge is 2.37. The van der Waals surface area contributed by atoms with Gasteiger partial charge in [-0.05, 0) is 148 Å². The van der Waals surface area contributed by atoms with Crippen LogP contribution in [0.25, 0.3) is 132 Å². The Bertz CT molecular complexity index is 4080. The summed E-state index contributed by atoms with van der Waals surface area (Å²) in [5.74, 6) is 0. The van der Waals surface area contributed by atoms with Gasteiger partial charge in [-0.25, -0.2) is 0 Å². The molecule has 0 fully saturated rings. The fraction of sp³-hybridized carbons (Fsp3) is 0.0476. The number of hydrogen-bond donors (Lipinski definition) is 0. The van der Waals surface area contributed by atoms with E-state index in [0.717, 1.165) is 43.9 Å². The normalized spacial score (nSPS) is 13.2. The van der Waals surface area contributed by atoms with E-state index in [-0.39, 0.29) is 5.41 Å². The van der Waals surface area contributed by atoms with Crippen LogP contribution in [0.3, 0.4) is 0 Å². The Kier molecular flexibility index (Phi) is 7.49. The molecule has 65 heavy (non-hydrogen) atoms. The fourth-order valence-electron chi connectivity index (χ4n) is 11.4. The average Bonchev–Trinajstić information content (AvgIpc) is 3.99. The molecule has 0 saturated heterocycles. The Hall–Kier alpha value is -8.20. The van der Waals surface area contributed by atoms with Crippen LogP contribution in [0.2, 0.25) is 0 Å². The molecule has 0 atom stereocenters. The number of hydrogen-bond acceptors (Lipinski definition) is 2. The van der Waals surface area contributed by atoms with Crippen molar-refractivity contribution in [1.29, 1.82) is 0 Å². The van der Waals surface area contributed by atoms with Crippen LogP contribution in [0.5, 0.6) is 0 Å². The molecule has 0 amide bonds. The SMILES string of the molecule is CC1(C)c2ccc(-c3ccc4oc5ccc(-c6c7ccccc7c(-c7ccc(-c8ccc9oc%10ccccc%10c9c8)cc7)c7ccccc67)cc5c4c3)cc2-c2ccc3ccccc3c21. The highest BCUT2D eigenvalue weighted by molar-refractivity contribution is 6.22. The van der Waals surface area contributed by atoms with Gasteiger partial charge in [0.25, 0.3) is 0 Å². The lowest BCUT2D eigenvalue weighted by atomic mass is 9.80. The zero-order valence-electron chi connectivity index (χ0n) is 35.9. The van der Waals surface area contributed by atoms with Gasteiger partial charge in [-0.3, -0.25) is 0 Å². The molecule has 2 aromatic heterocycles. The van der Waals surface area contributed by atoms with Crippen LogP contribution >= 0.6 is 0 Å². The third-order valence-electron chi connectivity index (χ3n) is 14.4. The van der Waals surface area contributed by atoms with Crippen molar-refractivity contribution in [1.82, 2.24) is 0 Å². The van der Waals surface area contributed by atoms with Gasteiger partial charge < -0.3 is 8.83 Å². The van der Waals surface area contributed by atoms with Gasteiger partial charge in [-0.15, -0.1) is 0 Å². The second-order valence-electron chi connectivity index (χ2n) is 18.3.